The summed E-state index contributed by atoms with van der Waals surface area (Å²) in [5.74, 6) is -1.52. The molecule has 3 aromatic rings. The summed E-state index contributed by atoms with van der Waals surface area (Å²) in [6.45, 7) is 0.596. The molecule has 10 heteroatoms. The number of nitriles is 1. The minimum Gasteiger partial charge on any atom is -0.371 e. The molecule has 6 nitrogen and oxygen atoms in total. The van der Waals surface area contributed by atoms with Crippen LogP contribution in [-0.2, 0) is 6.18 Å². The molecule has 0 radical (unpaired) electrons. The van der Waals surface area contributed by atoms with E-state index in [9.17, 15) is 22.7 Å². The number of rotatable bonds is 3. The van der Waals surface area contributed by atoms with Gasteiger partial charge in [0, 0.05) is 19.3 Å². The first-order valence-electron chi connectivity index (χ1n) is 9.32. The number of alkyl halides is 3. The summed E-state index contributed by atoms with van der Waals surface area (Å²) < 4.78 is 55.4. The second-order valence-corrected chi connectivity index (χ2v) is 7.20. The van der Waals surface area contributed by atoms with Crippen LogP contribution < -0.4 is 0 Å². The highest BCUT2D eigenvalue weighted by atomic mass is 19.4. The van der Waals surface area contributed by atoms with Crippen molar-refractivity contribution in [1.29, 1.82) is 5.26 Å². The molecule has 1 fully saturated rings. The smallest absolute Gasteiger partial charge is 0.371 e. The van der Waals surface area contributed by atoms with Gasteiger partial charge >= 0.3 is 6.18 Å². The molecule has 3 heterocycles. The second kappa shape index (κ2) is 7.66. The van der Waals surface area contributed by atoms with Gasteiger partial charge in [0.1, 0.15) is 11.9 Å². The average molecular weight is 419 g/mol. The molecule has 4 rings (SSSR count). The Bertz CT molecular complexity index is 1110. The summed E-state index contributed by atoms with van der Waals surface area (Å²) in [5.41, 5.74) is -0.424. The zero-order valence-corrected chi connectivity index (χ0v) is 15.6. The van der Waals surface area contributed by atoms with Gasteiger partial charge in [0.15, 0.2) is 17.7 Å². The number of piperidine rings is 1. The lowest BCUT2D eigenvalue weighted by Gasteiger charge is -2.35. The number of benzene rings is 1. The van der Waals surface area contributed by atoms with E-state index in [4.69, 9.17) is 5.26 Å². The van der Waals surface area contributed by atoms with Crippen molar-refractivity contribution in [3.63, 3.8) is 0 Å². The number of pyridine rings is 1. The number of hydrogen-bond donors (Lipinski definition) is 1. The maximum absolute atomic E-state index is 13.9. The van der Waals surface area contributed by atoms with E-state index in [1.807, 2.05) is 6.07 Å². The predicted octanol–water partition coefficient (Wildman–Crippen LogP) is 3.63. The van der Waals surface area contributed by atoms with E-state index in [1.54, 1.807) is 17.0 Å². The van der Waals surface area contributed by atoms with Crippen molar-refractivity contribution in [2.75, 3.05) is 13.1 Å². The van der Waals surface area contributed by atoms with Crippen molar-refractivity contribution < 1.29 is 22.7 Å². The minimum absolute atomic E-state index is 0.0526. The van der Waals surface area contributed by atoms with Gasteiger partial charge in [-0.2, -0.15) is 18.4 Å². The third kappa shape index (κ3) is 3.62. The summed E-state index contributed by atoms with van der Waals surface area (Å²) in [4.78, 5) is 1.68. The molecule has 1 unspecified atom stereocenters. The first-order valence-corrected chi connectivity index (χ1v) is 9.32. The van der Waals surface area contributed by atoms with E-state index < -0.39 is 29.7 Å². The molecule has 0 bridgehead atoms. The molecule has 0 aliphatic carbocycles. The molecule has 2 aromatic heterocycles. The van der Waals surface area contributed by atoms with Gasteiger partial charge in [-0.1, -0.05) is 12.1 Å². The van der Waals surface area contributed by atoms with Crippen molar-refractivity contribution in [3.05, 3.63) is 64.9 Å². The second-order valence-electron chi connectivity index (χ2n) is 7.20. The molecule has 30 heavy (non-hydrogen) atoms. The van der Waals surface area contributed by atoms with Crippen molar-refractivity contribution in [3.8, 4) is 6.07 Å². The van der Waals surface area contributed by atoms with Crippen LogP contribution in [0.3, 0.4) is 0 Å². The van der Waals surface area contributed by atoms with Crippen LogP contribution in [0.25, 0.3) is 5.65 Å². The van der Waals surface area contributed by atoms with Crippen LogP contribution in [0.1, 0.15) is 47.5 Å². The summed E-state index contributed by atoms with van der Waals surface area (Å²) in [6, 6.07) is 8.62. The van der Waals surface area contributed by atoms with Gasteiger partial charge in [-0.3, -0.25) is 9.30 Å². The Labute approximate surface area is 169 Å². The van der Waals surface area contributed by atoms with Crippen molar-refractivity contribution in [1.82, 2.24) is 19.5 Å². The maximum atomic E-state index is 13.9. The SMILES string of the molecule is N#Cc1ccc2nnc(C(O)N3CCC(c4cccc(F)c4C(F)(F)F)CC3)n2c1. The number of hydrogen-bond acceptors (Lipinski definition) is 5. The van der Waals surface area contributed by atoms with E-state index >= 15 is 0 Å². The topological polar surface area (TPSA) is 77.4 Å². The number of halogens is 4. The number of aromatic nitrogens is 3. The standard InChI is InChI=1S/C20H17F4N5O/c21-15-3-1-2-14(17(15)20(22,23)24)13-6-8-28(9-7-13)19(30)18-27-26-16-5-4-12(10-25)11-29(16)18/h1-5,11,13,19,30H,6-9H2. The van der Waals surface area contributed by atoms with E-state index in [0.717, 1.165) is 6.07 Å². The Morgan fingerprint density at radius 2 is 1.87 bits per heavy atom. The Balaban J connectivity index is 1.54. The van der Waals surface area contributed by atoms with Crippen LogP contribution in [0.5, 0.6) is 0 Å². The molecule has 1 saturated heterocycles. The molecule has 0 spiro atoms. The Kier molecular flexibility index (Phi) is 5.17. The zero-order chi connectivity index (χ0) is 21.5. The van der Waals surface area contributed by atoms with Crippen molar-refractivity contribution in [2.45, 2.75) is 31.2 Å². The molecular weight excluding hydrogens is 402 g/mol. The van der Waals surface area contributed by atoms with E-state index in [2.05, 4.69) is 10.2 Å². The van der Waals surface area contributed by atoms with E-state index in [0.29, 0.717) is 37.1 Å². The largest absolute Gasteiger partial charge is 0.419 e. The lowest BCUT2D eigenvalue weighted by atomic mass is 9.86. The first kappa shape index (κ1) is 20.3. The van der Waals surface area contributed by atoms with Gasteiger partial charge in [0.05, 0.1) is 11.1 Å². The quantitative estimate of drug-likeness (QED) is 0.656. The summed E-state index contributed by atoms with van der Waals surface area (Å²) >= 11 is 0. The lowest BCUT2D eigenvalue weighted by molar-refractivity contribution is -0.141. The van der Waals surface area contributed by atoms with Gasteiger partial charge in [0.25, 0.3) is 0 Å². The highest BCUT2D eigenvalue weighted by Crippen LogP contribution is 2.40. The lowest BCUT2D eigenvalue weighted by Crippen LogP contribution is -2.37. The van der Waals surface area contributed by atoms with Gasteiger partial charge in [0.2, 0.25) is 0 Å². The van der Waals surface area contributed by atoms with Crippen molar-refractivity contribution in [2.24, 2.45) is 0 Å². The van der Waals surface area contributed by atoms with Gasteiger partial charge < -0.3 is 5.11 Å². The number of nitrogens with zero attached hydrogens (tertiary/aromatic N) is 5. The zero-order valence-electron chi connectivity index (χ0n) is 15.6. The Morgan fingerprint density at radius 3 is 2.53 bits per heavy atom. The predicted molar refractivity (Wildman–Crippen MR) is 97.6 cm³/mol. The minimum atomic E-state index is -4.77. The molecule has 1 N–H and O–H groups in total. The fraction of sp³-hybridized carbons (Fsp3) is 0.350. The molecule has 156 valence electrons. The number of likely N-dealkylation sites (tertiary alicyclic amines) is 1. The maximum Gasteiger partial charge on any atom is 0.419 e. The molecular formula is C20H17F4N5O. The molecule has 1 atom stereocenters. The Hall–Kier alpha value is -3.03. The first-order chi connectivity index (χ1) is 14.3. The normalized spacial score (nSPS) is 17.2. The summed E-state index contributed by atoms with van der Waals surface area (Å²) in [7, 11) is 0. The Morgan fingerprint density at radius 1 is 1.13 bits per heavy atom. The fourth-order valence-electron chi connectivity index (χ4n) is 3.95. The van der Waals surface area contributed by atoms with Gasteiger partial charge in [-0.05, 0) is 42.5 Å². The van der Waals surface area contributed by atoms with Crippen molar-refractivity contribution >= 4 is 5.65 Å². The third-order valence-electron chi connectivity index (χ3n) is 5.43. The van der Waals surface area contributed by atoms with Crippen LogP contribution in [0.15, 0.2) is 36.5 Å². The summed E-state index contributed by atoms with van der Waals surface area (Å²) in [6.07, 6.45) is -3.74. The molecule has 0 saturated carbocycles. The highest BCUT2D eigenvalue weighted by molar-refractivity contribution is 5.43. The highest BCUT2D eigenvalue weighted by Gasteiger charge is 2.39. The number of fused-ring (bicyclic) bond motifs is 1. The molecule has 1 aromatic carbocycles. The fourth-order valence-corrected chi connectivity index (χ4v) is 3.95. The van der Waals surface area contributed by atoms with Crippen LogP contribution in [0, 0.1) is 17.1 Å². The number of aliphatic hydroxyl groups is 1. The molecule has 0 amide bonds. The van der Waals surface area contributed by atoms with Crippen LogP contribution >= 0.6 is 0 Å². The monoisotopic (exact) mass is 419 g/mol. The number of aliphatic hydroxyl groups excluding tert-OH is 1. The van der Waals surface area contributed by atoms with Crippen LogP contribution in [-0.4, -0.2) is 37.7 Å². The van der Waals surface area contributed by atoms with Gasteiger partial charge in [-0.25, -0.2) is 4.39 Å². The van der Waals surface area contributed by atoms with Crippen LogP contribution in [0.2, 0.25) is 0 Å². The third-order valence-corrected chi connectivity index (χ3v) is 5.43. The van der Waals surface area contributed by atoms with Crippen LogP contribution in [0.4, 0.5) is 17.6 Å². The molecule has 1 aliphatic heterocycles. The summed E-state index contributed by atoms with van der Waals surface area (Å²) in [5, 5.41) is 27.8. The van der Waals surface area contributed by atoms with E-state index in [-0.39, 0.29) is 11.4 Å². The molecule has 1 aliphatic rings. The van der Waals surface area contributed by atoms with Gasteiger partial charge in [-0.15, -0.1) is 10.2 Å². The van der Waals surface area contributed by atoms with E-state index in [1.165, 1.54) is 22.7 Å². The average Bonchev–Trinajstić information content (AvgIpc) is 3.15.